The van der Waals surface area contributed by atoms with Gasteiger partial charge in [0.1, 0.15) is 11.8 Å². The van der Waals surface area contributed by atoms with Crippen molar-refractivity contribution < 1.29 is 4.74 Å². The standard InChI is InChI=1S/C13H17BrN2O/c1-3-11(16)6-10-7-12(4-5-13(10)14)17-9(2)8-15/h4-5,7,9,11H,3,6,16H2,1-2H3. The second-order valence-electron chi connectivity index (χ2n) is 4.01. The smallest absolute Gasteiger partial charge is 0.181 e. The molecule has 1 rings (SSSR count). The highest BCUT2D eigenvalue weighted by molar-refractivity contribution is 9.10. The summed E-state index contributed by atoms with van der Waals surface area (Å²) in [5, 5.41) is 8.70. The van der Waals surface area contributed by atoms with E-state index in [1.807, 2.05) is 24.3 Å². The van der Waals surface area contributed by atoms with Crippen LogP contribution in [0.5, 0.6) is 5.75 Å². The molecule has 0 aliphatic rings. The Hall–Kier alpha value is -1.05. The van der Waals surface area contributed by atoms with Crippen LogP contribution in [0.1, 0.15) is 25.8 Å². The van der Waals surface area contributed by atoms with E-state index in [4.69, 9.17) is 15.7 Å². The van der Waals surface area contributed by atoms with E-state index < -0.39 is 6.10 Å². The van der Waals surface area contributed by atoms with Crippen LogP contribution in [-0.4, -0.2) is 12.1 Å². The number of halogens is 1. The van der Waals surface area contributed by atoms with Crippen LogP contribution in [0.3, 0.4) is 0 Å². The number of hydrogen-bond donors (Lipinski definition) is 1. The number of nitrogens with two attached hydrogens (primary N) is 1. The van der Waals surface area contributed by atoms with Crippen molar-refractivity contribution in [2.75, 3.05) is 0 Å². The summed E-state index contributed by atoms with van der Waals surface area (Å²) in [4.78, 5) is 0. The number of ether oxygens (including phenoxy) is 1. The molecule has 0 bridgehead atoms. The Morgan fingerprint density at radius 1 is 1.53 bits per heavy atom. The molecule has 1 aromatic carbocycles. The molecule has 0 aromatic heterocycles. The minimum Gasteiger partial charge on any atom is -0.476 e. The predicted octanol–water partition coefficient (Wildman–Crippen LogP) is 3.02. The van der Waals surface area contributed by atoms with Gasteiger partial charge in [-0.25, -0.2) is 0 Å². The monoisotopic (exact) mass is 296 g/mol. The summed E-state index contributed by atoms with van der Waals surface area (Å²) < 4.78 is 6.48. The number of hydrogen-bond acceptors (Lipinski definition) is 3. The molecule has 0 spiro atoms. The van der Waals surface area contributed by atoms with Gasteiger partial charge in [0.15, 0.2) is 6.10 Å². The van der Waals surface area contributed by atoms with Gasteiger partial charge in [0.2, 0.25) is 0 Å². The fourth-order valence-corrected chi connectivity index (χ4v) is 1.85. The first kappa shape index (κ1) is 14.0. The third kappa shape index (κ3) is 4.37. The zero-order valence-electron chi connectivity index (χ0n) is 10.1. The maximum atomic E-state index is 8.70. The quantitative estimate of drug-likeness (QED) is 0.908. The van der Waals surface area contributed by atoms with Crippen molar-refractivity contribution in [1.82, 2.24) is 0 Å². The lowest BCUT2D eigenvalue weighted by molar-refractivity contribution is 0.276. The summed E-state index contributed by atoms with van der Waals surface area (Å²) in [7, 11) is 0. The third-order valence-electron chi connectivity index (χ3n) is 2.52. The average molecular weight is 297 g/mol. The number of nitrogens with zero attached hydrogens (tertiary/aromatic N) is 1. The van der Waals surface area contributed by atoms with Gasteiger partial charge in [0, 0.05) is 10.5 Å². The molecule has 0 aliphatic heterocycles. The van der Waals surface area contributed by atoms with E-state index in [2.05, 4.69) is 22.9 Å². The zero-order valence-corrected chi connectivity index (χ0v) is 11.7. The molecule has 0 saturated heterocycles. The molecule has 2 atom stereocenters. The van der Waals surface area contributed by atoms with Crippen molar-refractivity contribution in [3.05, 3.63) is 28.2 Å². The van der Waals surface area contributed by atoms with E-state index in [1.54, 1.807) is 6.92 Å². The molecule has 0 heterocycles. The topological polar surface area (TPSA) is 59.0 Å². The lowest BCUT2D eigenvalue weighted by Gasteiger charge is -2.13. The molecule has 0 saturated carbocycles. The van der Waals surface area contributed by atoms with E-state index in [1.165, 1.54) is 0 Å². The minimum atomic E-state index is -0.441. The highest BCUT2D eigenvalue weighted by atomic mass is 79.9. The summed E-state index contributed by atoms with van der Waals surface area (Å²) in [6.07, 6.45) is 1.30. The van der Waals surface area contributed by atoms with Crippen LogP contribution in [0.2, 0.25) is 0 Å². The first-order chi connectivity index (χ1) is 8.06. The van der Waals surface area contributed by atoms with Crippen LogP contribution in [0, 0.1) is 11.3 Å². The third-order valence-corrected chi connectivity index (χ3v) is 3.29. The van der Waals surface area contributed by atoms with E-state index in [-0.39, 0.29) is 6.04 Å². The summed E-state index contributed by atoms with van der Waals surface area (Å²) in [5.74, 6) is 0.709. The molecule has 3 nitrogen and oxygen atoms in total. The van der Waals surface area contributed by atoms with Crippen LogP contribution in [0.4, 0.5) is 0 Å². The van der Waals surface area contributed by atoms with Gasteiger partial charge in [-0.05, 0) is 43.5 Å². The highest BCUT2D eigenvalue weighted by Gasteiger charge is 2.08. The number of rotatable bonds is 5. The summed E-state index contributed by atoms with van der Waals surface area (Å²) in [6, 6.07) is 7.90. The molecular weight excluding hydrogens is 280 g/mol. The normalized spacial score (nSPS) is 13.8. The van der Waals surface area contributed by atoms with Crippen LogP contribution in [0.25, 0.3) is 0 Å². The molecule has 2 N–H and O–H groups in total. The molecule has 4 heteroatoms. The Labute approximate surface area is 111 Å². The van der Waals surface area contributed by atoms with Crippen molar-refractivity contribution in [3.63, 3.8) is 0 Å². The van der Waals surface area contributed by atoms with Gasteiger partial charge in [0.25, 0.3) is 0 Å². The minimum absolute atomic E-state index is 0.148. The molecular formula is C13H17BrN2O. The van der Waals surface area contributed by atoms with Gasteiger partial charge in [-0.15, -0.1) is 0 Å². The zero-order chi connectivity index (χ0) is 12.8. The van der Waals surface area contributed by atoms with Gasteiger partial charge in [0.05, 0.1) is 0 Å². The molecule has 92 valence electrons. The van der Waals surface area contributed by atoms with E-state index in [0.717, 1.165) is 22.9 Å². The van der Waals surface area contributed by atoms with Crippen molar-refractivity contribution in [2.24, 2.45) is 5.73 Å². The van der Waals surface area contributed by atoms with Gasteiger partial charge in [-0.1, -0.05) is 22.9 Å². The fraction of sp³-hybridized carbons (Fsp3) is 0.462. The second kappa shape index (κ2) is 6.63. The second-order valence-corrected chi connectivity index (χ2v) is 4.87. The van der Waals surface area contributed by atoms with Crippen LogP contribution in [0.15, 0.2) is 22.7 Å². The van der Waals surface area contributed by atoms with Crippen molar-refractivity contribution in [2.45, 2.75) is 38.8 Å². The first-order valence-corrected chi connectivity index (χ1v) is 6.46. The Balaban J connectivity index is 2.83. The molecule has 0 radical (unpaired) electrons. The van der Waals surface area contributed by atoms with Crippen LogP contribution < -0.4 is 10.5 Å². The number of benzene rings is 1. The molecule has 0 fully saturated rings. The molecule has 1 aromatic rings. The van der Waals surface area contributed by atoms with Crippen LogP contribution >= 0.6 is 15.9 Å². The van der Waals surface area contributed by atoms with Gasteiger partial charge < -0.3 is 10.5 Å². The highest BCUT2D eigenvalue weighted by Crippen LogP contribution is 2.24. The molecule has 0 aliphatic carbocycles. The van der Waals surface area contributed by atoms with Gasteiger partial charge in [-0.2, -0.15) is 5.26 Å². The maximum absolute atomic E-state index is 8.70. The summed E-state index contributed by atoms with van der Waals surface area (Å²) in [6.45, 7) is 3.79. The van der Waals surface area contributed by atoms with E-state index in [9.17, 15) is 0 Å². The Morgan fingerprint density at radius 2 is 2.24 bits per heavy atom. The fourth-order valence-electron chi connectivity index (χ4n) is 1.44. The molecule has 17 heavy (non-hydrogen) atoms. The van der Waals surface area contributed by atoms with Crippen molar-refractivity contribution in [1.29, 1.82) is 5.26 Å². The average Bonchev–Trinajstić information content (AvgIpc) is 2.33. The Bertz CT molecular complexity index is 414. The molecule has 2 unspecified atom stereocenters. The SMILES string of the molecule is CCC(N)Cc1cc(OC(C)C#N)ccc1Br. The Morgan fingerprint density at radius 3 is 2.82 bits per heavy atom. The summed E-state index contributed by atoms with van der Waals surface area (Å²) in [5.41, 5.74) is 7.05. The Kier molecular flexibility index (Phi) is 5.46. The lowest BCUT2D eigenvalue weighted by atomic mass is 10.0. The number of nitriles is 1. The van der Waals surface area contributed by atoms with E-state index >= 15 is 0 Å². The lowest BCUT2D eigenvalue weighted by Crippen LogP contribution is -2.21. The molecule has 0 amide bonds. The maximum Gasteiger partial charge on any atom is 0.181 e. The van der Waals surface area contributed by atoms with Gasteiger partial charge in [-0.3, -0.25) is 0 Å². The first-order valence-electron chi connectivity index (χ1n) is 5.67. The van der Waals surface area contributed by atoms with E-state index in [0.29, 0.717) is 5.75 Å². The van der Waals surface area contributed by atoms with Crippen molar-refractivity contribution in [3.8, 4) is 11.8 Å². The van der Waals surface area contributed by atoms with Gasteiger partial charge >= 0.3 is 0 Å². The largest absolute Gasteiger partial charge is 0.476 e. The van der Waals surface area contributed by atoms with Crippen LogP contribution in [-0.2, 0) is 6.42 Å². The predicted molar refractivity (Wildman–Crippen MR) is 71.8 cm³/mol. The summed E-state index contributed by atoms with van der Waals surface area (Å²) >= 11 is 3.50. The van der Waals surface area contributed by atoms with Crippen molar-refractivity contribution >= 4 is 15.9 Å².